The van der Waals surface area contributed by atoms with Crippen LogP contribution in [-0.4, -0.2) is 64.0 Å². The lowest BCUT2D eigenvalue weighted by atomic mass is 10.0. The molecule has 37 heavy (non-hydrogen) atoms. The van der Waals surface area contributed by atoms with Gasteiger partial charge in [-0.05, 0) is 30.2 Å². The van der Waals surface area contributed by atoms with Gasteiger partial charge in [-0.3, -0.25) is 19.2 Å². The molecule has 0 aliphatic carbocycles. The molecule has 0 aromatic heterocycles. The smallest absolute Gasteiger partial charge is 0.326 e. The molecule has 4 atom stereocenters. The number of carboxylic acids is 1. The van der Waals surface area contributed by atoms with E-state index in [0.717, 1.165) is 0 Å². The van der Waals surface area contributed by atoms with E-state index in [0.29, 0.717) is 11.1 Å². The molecule has 0 fully saturated rings. The van der Waals surface area contributed by atoms with E-state index in [4.69, 9.17) is 11.5 Å². The van der Waals surface area contributed by atoms with Gasteiger partial charge in [-0.15, -0.1) is 0 Å². The van der Waals surface area contributed by atoms with Crippen molar-refractivity contribution >= 4 is 29.6 Å². The number of amides is 4. The fourth-order valence-corrected chi connectivity index (χ4v) is 3.39. The molecule has 0 saturated carbocycles. The van der Waals surface area contributed by atoms with Gasteiger partial charge in [0.25, 0.3) is 0 Å². The van der Waals surface area contributed by atoms with Crippen LogP contribution in [0.25, 0.3) is 0 Å². The Labute approximate surface area is 213 Å². The fourth-order valence-electron chi connectivity index (χ4n) is 3.39. The molecule has 9 N–H and O–H groups in total. The quantitative estimate of drug-likeness (QED) is 0.175. The maximum atomic E-state index is 13.0. The summed E-state index contributed by atoms with van der Waals surface area (Å²) in [6.07, 6.45) is -0.419. The summed E-state index contributed by atoms with van der Waals surface area (Å²) >= 11 is 0. The number of aliphatic carboxylic acids is 1. The van der Waals surface area contributed by atoms with Crippen LogP contribution in [0.1, 0.15) is 24.5 Å². The maximum absolute atomic E-state index is 13.0. The third-order valence-corrected chi connectivity index (χ3v) is 5.42. The van der Waals surface area contributed by atoms with Crippen LogP contribution in [0.15, 0.2) is 54.6 Å². The standard InChI is InChI=1S/C25H31N5O7/c1-14(22(33)30-20(25(36)37)12-15-5-3-2-4-6-15)28-24(35)19(11-16-7-9-17(31)10-8-16)29-23(34)18(26)13-21(27)32/h2-10,14,18-20,31H,11-13,26H2,1H3,(H2,27,32)(H,28,35)(H,29,34)(H,30,33)(H,36,37). The summed E-state index contributed by atoms with van der Waals surface area (Å²) in [7, 11) is 0. The summed E-state index contributed by atoms with van der Waals surface area (Å²) in [4.78, 5) is 60.9. The average molecular weight is 514 g/mol. The topological polar surface area (TPSA) is 214 Å². The molecule has 12 nitrogen and oxygen atoms in total. The molecule has 0 heterocycles. The second-order valence-corrected chi connectivity index (χ2v) is 8.53. The fraction of sp³-hybridized carbons (Fsp3) is 0.320. The summed E-state index contributed by atoms with van der Waals surface area (Å²) in [5, 5.41) is 26.3. The molecule has 0 aliphatic heterocycles. The van der Waals surface area contributed by atoms with Crippen molar-refractivity contribution in [1.82, 2.24) is 16.0 Å². The van der Waals surface area contributed by atoms with Crippen LogP contribution in [0, 0.1) is 0 Å². The van der Waals surface area contributed by atoms with E-state index in [1.807, 2.05) is 0 Å². The number of phenolic OH excluding ortho intramolecular Hbond substituents is 1. The number of carboxylic acid groups (broad SMARTS) is 1. The Kier molecular flexibility index (Phi) is 10.6. The van der Waals surface area contributed by atoms with Gasteiger partial charge in [0, 0.05) is 12.8 Å². The van der Waals surface area contributed by atoms with E-state index in [9.17, 15) is 34.2 Å². The number of aromatic hydroxyl groups is 1. The van der Waals surface area contributed by atoms with Gasteiger partial charge < -0.3 is 37.6 Å². The maximum Gasteiger partial charge on any atom is 0.326 e. The van der Waals surface area contributed by atoms with Crippen LogP contribution >= 0.6 is 0 Å². The van der Waals surface area contributed by atoms with Crippen molar-refractivity contribution in [2.24, 2.45) is 11.5 Å². The van der Waals surface area contributed by atoms with Crippen LogP contribution in [0.5, 0.6) is 5.75 Å². The van der Waals surface area contributed by atoms with E-state index < -0.39 is 60.2 Å². The zero-order valence-corrected chi connectivity index (χ0v) is 20.2. The molecule has 0 radical (unpaired) electrons. The number of phenols is 1. The number of benzene rings is 2. The summed E-state index contributed by atoms with van der Waals surface area (Å²) in [6.45, 7) is 1.37. The van der Waals surface area contributed by atoms with E-state index in [-0.39, 0.29) is 18.6 Å². The first kappa shape index (κ1) is 28.8. The number of primary amides is 1. The summed E-state index contributed by atoms with van der Waals surface area (Å²) < 4.78 is 0. The first-order chi connectivity index (χ1) is 17.5. The lowest BCUT2D eigenvalue weighted by Gasteiger charge is -2.23. The number of hydrogen-bond acceptors (Lipinski definition) is 7. The second kappa shape index (κ2) is 13.6. The number of rotatable bonds is 13. The molecule has 198 valence electrons. The average Bonchev–Trinajstić information content (AvgIpc) is 2.84. The molecule has 12 heteroatoms. The molecule has 0 bridgehead atoms. The van der Waals surface area contributed by atoms with Crippen molar-refractivity contribution in [1.29, 1.82) is 0 Å². The molecular formula is C25H31N5O7. The SMILES string of the molecule is CC(NC(=O)C(Cc1ccc(O)cc1)NC(=O)C(N)CC(N)=O)C(=O)NC(Cc1ccccc1)C(=O)O. The summed E-state index contributed by atoms with van der Waals surface area (Å²) in [5.41, 5.74) is 12.0. The predicted octanol–water partition coefficient (Wildman–Crippen LogP) is -1.06. The van der Waals surface area contributed by atoms with Gasteiger partial charge in [0.05, 0.1) is 12.5 Å². The van der Waals surface area contributed by atoms with Gasteiger partial charge in [-0.25, -0.2) is 4.79 Å². The van der Waals surface area contributed by atoms with Crippen molar-refractivity contribution in [3.63, 3.8) is 0 Å². The number of carbonyl (C=O) groups excluding carboxylic acids is 4. The highest BCUT2D eigenvalue weighted by molar-refractivity contribution is 5.95. The van der Waals surface area contributed by atoms with Crippen LogP contribution in [-0.2, 0) is 36.8 Å². The van der Waals surface area contributed by atoms with Gasteiger partial charge in [-0.2, -0.15) is 0 Å². The third kappa shape index (κ3) is 9.61. The molecule has 2 aromatic rings. The molecule has 0 saturated heterocycles. The minimum absolute atomic E-state index is 0.00560. The minimum atomic E-state index is -1.29. The van der Waals surface area contributed by atoms with Gasteiger partial charge >= 0.3 is 5.97 Å². The predicted molar refractivity (Wildman–Crippen MR) is 133 cm³/mol. The highest BCUT2D eigenvalue weighted by Gasteiger charge is 2.29. The molecule has 0 spiro atoms. The van der Waals surface area contributed by atoms with Crippen LogP contribution in [0.4, 0.5) is 0 Å². The van der Waals surface area contributed by atoms with Crippen molar-refractivity contribution in [3.05, 3.63) is 65.7 Å². The first-order valence-corrected chi connectivity index (χ1v) is 11.5. The Bertz CT molecular complexity index is 1110. The number of hydrogen-bond donors (Lipinski definition) is 7. The summed E-state index contributed by atoms with van der Waals surface area (Å²) in [6, 6.07) is 9.76. The van der Waals surface area contributed by atoms with Gasteiger partial charge in [0.15, 0.2) is 0 Å². The van der Waals surface area contributed by atoms with Crippen molar-refractivity contribution in [3.8, 4) is 5.75 Å². The van der Waals surface area contributed by atoms with Gasteiger partial charge in [0.1, 0.15) is 23.9 Å². The van der Waals surface area contributed by atoms with Crippen LogP contribution < -0.4 is 27.4 Å². The Hall–Kier alpha value is -4.45. The molecular weight excluding hydrogens is 482 g/mol. The van der Waals surface area contributed by atoms with Crippen LogP contribution in [0.2, 0.25) is 0 Å². The van der Waals surface area contributed by atoms with Crippen LogP contribution in [0.3, 0.4) is 0 Å². The minimum Gasteiger partial charge on any atom is -0.508 e. The monoisotopic (exact) mass is 513 g/mol. The number of nitrogens with one attached hydrogen (secondary N) is 3. The first-order valence-electron chi connectivity index (χ1n) is 11.5. The highest BCUT2D eigenvalue weighted by atomic mass is 16.4. The molecule has 4 amide bonds. The van der Waals surface area contributed by atoms with E-state index in [1.165, 1.54) is 19.1 Å². The Morgan fingerprint density at radius 3 is 1.89 bits per heavy atom. The lowest BCUT2D eigenvalue weighted by Crippen LogP contribution is -2.57. The lowest BCUT2D eigenvalue weighted by molar-refractivity contribution is -0.142. The largest absolute Gasteiger partial charge is 0.508 e. The second-order valence-electron chi connectivity index (χ2n) is 8.53. The molecule has 2 rings (SSSR count). The zero-order valence-electron chi connectivity index (χ0n) is 20.2. The van der Waals surface area contributed by atoms with Gasteiger partial charge in [0.2, 0.25) is 23.6 Å². The third-order valence-electron chi connectivity index (χ3n) is 5.42. The van der Waals surface area contributed by atoms with Crippen molar-refractivity contribution < 1.29 is 34.2 Å². The van der Waals surface area contributed by atoms with Crippen molar-refractivity contribution in [2.75, 3.05) is 0 Å². The molecule has 0 aliphatic rings. The van der Waals surface area contributed by atoms with E-state index in [1.54, 1.807) is 42.5 Å². The molecule has 2 aromatic carbocycles. The van der Waals surface area contributed by atoms with E-state index >= 15 is 0 Å². The van der Waals surface area contributed by atoms with Crippen molar-refractivity contribution in [2.45, 2.75) is 50.4 Å². The Balaban J connectivity index is 2.10. The molecule has 4 unspecified atom stereocenters. The number of nitrogens with two attached hydrogens (primary N) is 2. The summed E-state index contributed by atoms with van der Waals surface area (Å²) in [5.74, 6) is -4.32. The van der Waals surface area contributed by atoms with Gasteiger partial charge in [-0.1, -0.05) is 42.5 Å². The Morgan fingerprint density at radius 2 is 1.32 bits per heavy atom. The normalized spacial score (nSPS) is 13.9. The number of carbonyl (C=O) groups is 5. The Morgan fingerprint density at radius 1 is 0.784 bits per heavy atom. The zero-order chi connectivity index (χ0) is 27.5. The highest BCUT2D eigenvalue weighted by Crippen LogP contribution is 2.12. The van der Waals surface area contributed by atoms with E-state index in [2.05, 4.69) is 16.0 Å².